The van der Waals surface area contributed by atoms with Gasteiger partial charge in [0, 0.05) is 30.6 Å². The summed E-state index contributed by atoms with van der Waals surface area (Å²) in [5.41, 5.74) is 0.704. The van der Waals surface area contributed by atoms with Crippen LogP contribution in [0.15, 0.2) is 12.3 Å². The van der Waals surface area contributed by atoms with Crippen molar-refractivity contribution in [2.24, 2.45) is 0 Å². The van der Waals surface area contributed by atoms with Crippen LogP contribution in [0.5, 0.6) is 0 Å². The lowest BCUT2D eigenvalue weighted by molar-refractivity contribution is 0.0955. The van der Waals surface area contributed by atoms with Gasteiger partial charge in [-0.15, -0.1) is 0 Å². The SMILES string of the molecule is CNc1nc(Nc2cc([C@H]3CC[C@@H](N(C(=O)O)C4(C)CC4)C3)nn2C(C)(C)C)cnc1C#N. The number of rotatable bonds is 6. The molecule has 4 rings (SSSR count). The molecule has 10 nitrogen and oxygen atoms in total. The van der Waals surface area contributed by atoms with Crippen molar-refractivity contribution >= 4 is 23.5 Å². The van der Waals surface area contributed by atoms with Gasteiger partial charge in [-0.2, -0.15) is 10.4 Å². The van der Waals surface area contributed by atoms with Gasteiger partial charge < -0.3 is 15.7 Å². The number of carboxylic acid groups (broad SMARTS) is 1. The number of amides is 1. The lowest BCUT2D eigenvalue weighted by Crippen LogP contribution is -2.45. The summed E-state index contributed by atoms with van der Waals surface area (Å²) in [6.07, 6.45) is 5.13. The van der Waals surface area contributed by atoms with Gasteiger partial charge in [-0.1, -0.05) is 0 Å². The Hall–Kier alpha value is -3.35. The van der Waals surface area contributed by atoms with Crippen LogP contribution >= 0.6 is 0 Å². The molecule has 0 bridgehead atoms. The van der Waals surface area contributed by atoms with E-state index in [-0.39, 0.29) is 28.7 Å². The first-order chi connectivity index (χ1) is 15.6. The molecule has 2 saturated carbocycles. The van der Waals surface area contributed by atoms with Crippen molar-refractivity contribution in [1.82, 2.24) is 24.6 Å². The van der Waals surface area contributed by atoms with Crippen LogP contribution in [0.2, 0.25) is 0 Å². The number of aromatic nitrogens is 4. The summed E-state index contributed by atoms with van der Waals surface area (Å²) in [5.74, 6) is 1.90. The highest BCUT2D eigenvalue weighted by molar-refractivity contribution is 5.67. The minimum atomic E-state index is -0.817. The van der Waals surface area contributed by atoms with E-state index in [0.717, 1.165) is 43.6 Å². The Labute approximate surface area is 194 Å². The summed E-state index contributed by atoms with van der Waals surface area (Å²) >= 11 is 0. The minimum absolute atomic E-state index is 0.0266. The summed E-state index contributed by atoms with van der Waals surface area (Å²) in [4.78, 5) is 22.3. The Morgan fingerprint density at radius 2 is 2.09 bits per heavy atom. The Bertz CT molecular complexity index is 1090. The fourth-order valence-corrected chi connectivity index (χ4v) is 4.75. The summed E-state index contributed by atoms with van der Waals surface area (Å²) in [6, 6.07) is 4.08. The van der Waals surface area contributed by atoms with E-state index in [1.165, 1.54) is 6.20 Å². The van der Waals surface area contributed by atoms with Gasteiger partial charge in [-0.05, 0) is 59.8 Å². The maximum absolute atomic E-state index is 12.0. The largest absolute Gasteiger partial charge is 0.465 e. The number of carbonyl (C=O) groups is 1. The molecule has 176 valence electrons. The normalized spacial score (nSPS) is 21.3. The Balaban J connectivity index is 1.59. The van der Waals surface area contributed by atoms with Crippen LogP contribution in [0.1, 0.15) is 77.1 Å². The minimum Gasteiger partial charge on any atom is -0.465 e. The van der Waals surface area contributed by atoms with Crippen LogP contribution in [0.3, 0.4) is 0 Å². The topological polar surface area (TPSA) is 132 Å². The summed E-state index contributed by atoms with van der Waals surface area (Å²) in [5, 5.41) is 30.1. The van der Waals surface area contributed by atoms with Crippen molar-refractivity contribution in [3.8, 4) is 6.07 Å². The predicted molar refractivity (Wildman–Crippen MR) is 125 cm³/mol. The third-order valence-electron chi connectivity index (χ3n) is 6.68. The predicted octanol–water partition coefficient (Wildman–Crippen LogP) is 4.25. The lowest BCUT2D eigenvalue weighted by Gasteiger charge is -2.32. The monoisotopic (exact) mass is 452 g/mol. The van der Waals surface area contributed by atoms with Gasteiger partial charge in [0.25, 0.3) is 0 Å². The first kappa shape index (κ1) is 22.8. The molecule has 3 N–H and O–H groups in total. The number of nitriles is 1. The standard InChI is InChI=1S/C23H32N8O2/c1-22(2,3)31-19(27-18-13-26-17(12-24)20(25-5)28-18)11-16(29-31)14-6-7-15(10-14)30(21(32)33)23(4)8-9-23/h11,13-15H,6-10H2,1-5H3,(H,32,33)(H2,25,27,28)/t14-,15+/m0/s1. The molecule has 2 heterocycles. The molecule has 33 heavy (non-hydrogen) atoms. The van der Waals surface area contributed by atoms with Gasteiger partial charge in [0.05, 0.1) is 17.4 Å². The van der Waals surface area contributed by atoms with Crippen molar-refractivity contribution < 1.29 is 9.90 Å². The zero-order chi connectivity index (χ0) is 24.0. The second-order valence-electron chi connectivity index (χ2n) is 10.3. The molecule has 2 aliphatic carbocycles. The Morgan fingerprint density at radius 3 is 2.67 bits per heavy atom. The van der Waals surface area contributed by atoms with Crippen LogP contribution in [0, 0.1) is 11.3 Å². The zero-order valence-corrected chi connectivity index (χ0v) is 19.9. The van der Waals surface area contributed by atoms with Crippen molar-refractivity contribution in [1.29, 1.82) is 5.26 Å². The van der Waals surface area contributed by atoms with Crippen molar-refractivity contribution in [2.75, 3.05) is 17.7 Å². The second-order valence-corrected chi connectivity index (χ2v) is 10.3. The van der Waals surface area contributed by atoms with Crippen LogP contribution in [0.4, 0.5) is 22.2 Å². The average molecular weight is 453 g/mol. The van der Waals surface area contributed by atoms with Gasteiger partial charge in [0.15, 0.2) is 17.3 Å². The van der Waals surface area contributed by atoms with Gasteiger partial charge in [-0.3, -0.25) is 4.90 Å². The lowest BCUT2D eigenvalue weighted by atomic mass is 10.0. The molecule has 0 saturated heterocycles. The molecule has 2 aromatic heterocycles. The smallest absolute Gasteiger partial charge is 0.408 e. The third-order valence-corrected chi connectivity index (χ3v) is 6.68. The van der Waals surface area contributed by atoms with E-state index in [1.54, 1.807) is 11.9 Å². The van der Waals surface area contributed by atoms with E-state index >= 15 is 0 Å². The van der Waals surface area contributed by atoms with E-state index < -0.39 is 6.09 Å². The molecular formula is C23H32N8O2. The van der Waals surface area contributed by atoms with Crippen LogP contribution in [-0.4, -0.2) is 54.5 Å². The molecule has 2 aliphatic rings. The van der Waals surface area contributed by atoms with Crippen LogP contribution in [0.25, 0.3) is 0 Å². The van der Waals surface area contributed by atoms with Gasteiger partial charge >= 0.3 is 6.09 Å². The second kappa shape index (κ2) is 8.21. The Kier molecular flexibility index (Phi) is 5.68. The molecule has 0 aromatic carbocycles. The zero-order valence-electron chi connectivity index (χ0n) is 19.9. The number of hydrogen-bond donors (Lipinski definition) is 3. The highest BCUT2D eigenvalue weighted by Gasteiger charge is 2.50. The summed E-state index contributed by atoms with van der Waals surface area (Å²) < 4.78 is 1.94. The number of hydrogen-bond acceptors (Lipinski definition) is 7. The molecule has 10 heteroatoms. The fourth-order valence-electron chi connectivity index (χ4n) is 4.75. The highest BCUT2D eigenvalue weighted by atomic mass is 16.4. The highest BCUT2D eigenvalue weighted by Crippen LogP contribution is 2.47. The van der Waals surface area contributed by atoms with Crippen molar-refractivity contribution in [3.05, 3.63) is 23.7 Å². The molecule has 0 radical (unpaired) electrons. The molecule has 0 unspecified atom stereocenters. The maximum atomic E-state index is 12.0. The van der Waals surface area contributed by atoms with Gasteiger partial charge in [0.2, 0.25) is 0 Å². The molecular weight excluding hydrogens is 420 g/mol. The summed E-state index contributed by atoms with van der Waals surface area (Å²) in [6.45, 7) is 8.28. The van der Waals surface area contributed by atoms with Crippen LogP contribution < -0.4 is 10.6 Å². The van der Waals surface area contributed by atoms with Crippen molar-refractivity contribution in [2.45, 2.75) is 82.8 Å². The molecule has 1 amide bonds. The third kappa shape index (κ3) is 4.45. The van der Waals surface area contributed by atoms with E-state index in [0.29, 0.717) is 11.6 Å². The van der Waals surface area contributed by atoms with Gasteiger partial charge in [-0.25, -0.2) is 19.4 Å². The molecule has 2 fully saturated rings. The first-order valence-corrected chi connectivity index (χ1v) is 11.4. The van der Waals surface area contributed by atoms with E-state index in [1.807, 2.05) is 23.7 Å². The van der Waals surface area contributed by atoms with E-state index in [9.17, 15) is 15.2 Å². The van der Waals surface area contributed by atoms with Crippen molar-refractivity contribution in [3.63, 3.8) is 0 Å². The maximum Gasteiger partial charge on any atom is 0.408 e. The summed E-state index contributed by atoms with van der Waals surface area (Å²) in [7, 11) is 1.70. The Morgan fingerprint density at radius 1 is 1.36 bits per heavy atom. The molecule has 0 spiro atoms. The molecule has 2 aromatic rings. The quantitative estimate of drug-likeness (QED) is 0.592. The molecule has 2 atom stereocenters. The fraction of sp³-hybridized carbons (Fsp3) is 0.609. The average Bonchev–Trinajstić information content (AvgIpc) is 3.14. The number of anilines is 3. The van der Waals surface area contributed by atoms with Crippen LogP contribution in [-0.2, 0) is 5.54 Å². The first-order valence-electron chi connectivity index (χ1n) is 11.4. The van der Waals surface area contributed by atoms with E-state index in [4.69, 9.17) is 5.10 Å². The molecule has 0 aliphatic heterocycles. The van der Waals surface area contributed by atoms with Gasteiger partial charge in [0.1, 0.15) is 11.9 Å². The van der Waals surface area contributed by atoms with E-state index in [2.05, 4.69) is 41.4 Å². The number of nitrogens with zero attached hydrogens (tertiary/aromatic N) is 6. The number of nitrogens with one attached hydrogen (secondary N) is 2.